The number of hydrogen-bond acceptors (Lipinski definition) is 5. The molecule has 28 heavy (non-hydrogen) atoms. The summed E-state index contributed by atoms with van der Waals surface area (Å²) in [6.45, 7) is 1.77. The molecule has 2 aromatic heterocycles. The molecule has 0 saturated carbocycles. The van der Waals surface area contributed by atoms with Gasteiger partial charge in [0.25, 0.3) is 0 Å². The van der Waals surface area contributed by atoms with Gasteiger partial charge in [0.05, 0.1) is 17.1 Å². The molecule has 0 amide bonds. The van der Waals surface area contributed by atoms with Crippen molar-refractivity contribution in [1.29, 1.82) is 0 Å². The van der Waals surface area contributed by atoms with Crippen molar-refractivity contribution in [2.75, 3.05) is 0 Å². The van der Waals surface area contributed by atoms with E-state index in [0.29, 0.717) is 21.5 Å². The van der Waals surface area contributed by atoms with Crippen LogP contribution in [0.4, 0.5) is 11.4 Å². The number of thiazole rings is 1. The summed E-state index contributed by atoms with van der Waals surface area (Å²) in [6.07, 6.45) is 0. The van der Waals surface area contributed by atoms with Gasteiger partial charge in [0, 0.05) is 20.4 Å². The number of aromatic nitrogens is 3. The van der Waals surface area contributed by atoms with Gasteiger partial charge < -0.3 is 0 Å². The van der Waals surface area contributed by atoms with Gasteiger partial charge in [-0.1, -0.05) is 45.7 Å². The van der Waals surface area contributed by atoms with Crippen LogP contribution in [0.25, 0.3) is 16.4 Å². The van der Waals surface area contributed by atoms with Crippen molar-refractivity contribution in [3.05, 3.63) is 79.5 Å². The molecule has 0 aliphatic heterocycles. The Morgan fingerprint density at radius 2 is 1.96 bits per heavy atom. The zero-order valence-electron chi connectivity index (χ0n) is 14.6. The Balaban J connectivity index is 1.66. The quantitative estimate of drug-likeness (QED) is 0.346. The van der Waals surface area contributed by atoms with Crippen LogP contribution in [0.2, 0.25) is 5.02 Å². The minimum absolute atomic E-state index is 0.236. The Bertz CT molecular complexity index is 1230. The van der Waals surface area contributed by atoms with Crippen molar-refractivity contribution in [2.24, 2.45) is 10.2 Å². The first-order valence-electron chi connectivity index (χ1n) is 8.22. The molecular weight excluding hydrogens is 462 g/mol. The lowest BCUT2D eigenvalue weighted by molar-refractivity contribution is 0.827. The van der Waals surface area contributed by atoms with E-state index in [-0.39, 0.29) is 11.2 Å². The van der Waals surface area contributed by atoms with E-state index >= 15 is 0 Å². The van der Waals surface area contributed by atoms with Gasteiger partial charge in [0.15, 0.2) is 5.69 Å². The molecule has 0 fully saturated rings. The molecule has 9 heteroatoms. The van der Waals surface area contributed by atoms with Crippen LogP contribution in [0.1, 0.15) is 5.69 Å². The van der Waals surface area contributed by atoms with Crippen molar-refractivity contribution in [1.82, 2.24) is 14.8 Å². The van der Waals surface area contributed by atoms with Gasteiger partial charge in [0.2, 0.25) is 5.13 Å². The highest BCUT2D eigenvalue weighted by Gasteiger charge is 2.15. The minimum Gasteiger partial charge on any atom is -0.291 e. The van der Waals surface area contributed by atoms with Crippen LogP contribution >= 0.6 is 38.9 Å². The predicted molar refractivity (Wildman–Crippen MR) is 116 cm³/mol. The van der Waals surface area contributed by atoms with E-state index in [4.69, 9.17) is 11.6 Å². The van der Waals surface area contributed by atoms with Gasteiger partial charge in [-0.15, -0.1) is 16.5 Å². The Morgan fingerprint density at radius 3 is 2.71 bits per heavy atom. The highest BCUT2D eigenvalue weighted by atomic mass is 79.9. The number of H-pyrrole nitrogens is 1. The van der Waals surface area contributed by atoms with E-state index in [1.807, 2.05) is 29.6 Å². The summed E-state index contributed by atoms with van der Waals surface area (Å²) < 4.78 is 2.38. The average molecular weight is 475 g/mol. The molecule has 6 nitrogen and oxygen atoms in total. The minimum atomic E-state index is -0.306. The number of benzene rings is 2. The van der Waals surface area contributed by atoms with Crippen LogP contribution in [0.5, 0.6) is 0 Å². The monoisotopic (exact) mass is 473 g/mol. The van der Waals surface area contributed by atoms with Gasteiger partial charge in [-0.25, -0.2) is 4.98 Å². The van der Waals surface area contributed by atoms with Gasteiger partial charge in [0.1, 0.15) is 0 Å². The van der Waals surface area contributed by atoms with E-state index in [0.717, 1.165) is 15.7 Å². The molecule has 0 bridgehead atoms. The number of azo groups is 1. The summed E-state index contributed by atoms with van der Waals surface area (Å²) in [5.74, 6) is 0. The third-order valence-electron chi connectivity index (χ3n) is 3.94. The Morgan fingerprint density at radius 1 is 1.18 bits per heavy atom. The van der Waals surface area contributed by atoms with Crippen LogP contribution in [-0.4, -0.2) is 14.8 Å². The maximum absolute atomic E-state index is 12.8. The van der Waals surface area contributed by atoms with Crippen molar-refractivity contribution >= 4 is 50.2 Å². The molecule has 0 spiro atoms. The summed E-state index contributed by atoms with van der Waals surface area (Å²) in [7, 11) is 0. The standard InChI is InChI=1S/C19H13BrClN5OS/c1-11-17(24-23-15-4-2-3-14(21)9-15)18(27)26(25-11)19-22-16(10-28-19)12-5-7-13(20)8-6-12/h2-10,25H,1H3. The van der Waals surface area contributed by atoms with E-state index in [2.05, 4.69) is 36.2 Å². The third-order valence-corrected chi connectivity index (χ3v) is 5.53. The fourth-order valence-corrected chi connectivity index (χ4v) is 3.80. The average Bonchev–Trinajstić information content (AvgIpc) is 3.26. The third kappa shape index (κ3) is 3.84. The van der Waals surface area contributed by atoms with Crippen LogP contribution in [0.15, 0.2) is 73.4 Å². The first-order valence-corrected chi connectivity index (χ1v) is 10.3. The van der Waals surface area contributed by atoms with Crippen molar-refractivity contribution in [3.63, 3.8) is 0 Å². The van der Waals surface area contributed by atoms with Gasteiger partial charge >= 0.3 is 5.56 Å². The highest BCUT2D eigenvalue weighted by molar-refractivity contribution is 9.10. The van der Waals surface area contributed by atoms with E-state index in [1.165, 1.54) is 16.0 Å². The van der Waals surface area contributed by atoms with Crippen molar-refractivity contribution < 1.29 is 0 Å². The number of nitrogens with zero attached hydrogens (tertiary/aromatic N) is 4. The normalized spacial score (nSPS) is 11.4. The summed E-state index contributed by atoms with van der Waals surface area (Å²) in [5.41, 5.74) is 2.89. The molecule has 4 aromatic rings. The Labute approximate surface area is 177 Å². The molecule has 0 aliphatic rings. The molecule has 0 atom stereocenters. The predicted octanol–water partition coefficient (Wildman–Crippen LogP) is 6.43. The first kappa shape index (κ1) is 18.8. The van der Waals surface area contributed by atoms with Crippen LogP contribution in [-0.2, 0) is 0 Å². The van der Waals surface area contributed by atoms with E-state index in [9.17, 15) is 4.79 Å². The van der Waals surface area contributed by atoms with Gasteiger partial charge in [-0.05, 0) is 37.3 Å². The largest absolute Gasteiger partial charge is 0.301 e. The van der Waals surface area contributed by atoms with Crippen LogP contribution < -0.4 is 5.56 Å². The SMILES string of the molecule is Cc1[nH]n(-c2nc(-c3ccc(Br)cc3)cs2)c(=O)c1N=Nc1cccc(Cl)c1. The molecule has 0 radical (unpaired) electrons. The highest BCUT2D eigenvalue weighted by Crippen LogP contribution is 2.26. The topological polar surface area (TPSA) is 75.4 Å². The van der Waals surface area contributed by atoms with Crippen LogP contribution in [0, 0.1) is 6.92 Å². The molecule has 2 heterocycles. The number of aromatic amines is 1. The van der Waals surface area contributed by atoms with Crippen LogP contribution in [0.3, 0.4) is 0 Å². The first-order chi connectivity index (χ1) is 13.5. The number of halogens is 2. The lowest BCUT2D eigenvalue weighted by Crippen LogP contribution is -2.13. The summed E-state index contributed by atoms with van der Waals surface area (Å²) in [6, 6.07) is 14.8. The van der Waals surface area contributed by atoms with Gasteiger partial charge in [-0.3, -0.25) is 9.89 Å². The molecule has 0 saturated heterocycles. The molecule has 1 N–H and O–H groups in total. The maximum atomic E-state index is 12.8. The molecule has 0 unspecified atom stereocenters. The second kappa shape index (κ2) is 7.83. The fourth-order valence-electron chi connectivity index (χ4n) is 2.56. The van der Waals surface area contributed by atoms with E-state index in [1.54, 1.807) is 31.2 Å². The zero-order valence-corrected chi connectivity index (χ0v) is 17.7. The van der Waals surface area contributed by atoms with Crippen molar-refractivity contribution in [3.8, 4) is 16.4 Å². The number of hydrogen-bond donors (Lipinski definition) is 1. The number of nitrogens with one attached hydrogen (secondary N) is 1. The number of rotatable bonds is 4. The maximum Gasteiger partial charge on any atom is 0.301 e. The summed E-state index contributed by atoms with van der Waals surface area (Å²) in [4.78, 5) is 17.4. The van der Waals surface area contributed by atoms with Gasteiger partial charge in [-0.2, -0.15) is 9.80 Å². The number of aryl methyl sites for hydroxylation is 1. The smallest absolute Gasteiger partial charge is 0.291 e. The molecule has 4 rings (SSSR count). The Hall–Kier alpha value is -2.55. The second-order valence-corrected chi connectivity index (χ2v) is 8.12. The molecule has 140 valence electrons. The second-order valence-electron chi connectivity index (χ2n) is 5.93. The summed E-state index contributed by atoms with van der Waals surface area (Å²) in [5, 5.41) is 14.2. The Kier molecular flexibility index (Phi) is 5.25. The fraction of sp³-hybridized carbons (Fsp3) is 0.0526. The van der Waals surface area contributed by atoms with E-state index < -0.39 is 0 Å². The summed E-state index contributed by atoms with van der Waals surface area (Å²) >= 11 is 10.7. The lowest BCUT2D eigenvalue weighted by atomic mass is 10.2. The lowest BCUT2D eigenvalue weighted by Gasteiger charge is -1.97. The van der Waals surface area contributed by atoms with Crippen molar-refractivity contribution in [2.45, 2.75) is 6.92 Å². The zero-order chi connectivity index (χ0) is 19.7. The molecule has 2 aromatic carbocycles. The molecular formula is C19H13BrClN5OS. The molecule has 0 aliphatic carbocycles.